The van der Waals surface area contributed by atoms with Crippen LogP contribution in [0.5, 0.6) is 0 Å². The van der Waals surface area contributed by atoms with Gasteiger partial charge in [0.1, 0.15) is 5.82 Å². The van der Waals surface area contributed by atoms with Crippen LogP contribution in [0.4, 0.5) is 0 Å². The van der Waals surface area contributed by atoms with E-state index in [1.807, 2.05) is 41.9 Å². The van der Waals surface area contributed by atoms with Crippen LogP contribution in [0.25, 0.3) is 11.1 Å². The molecule has 31 heavy (non-hydrogen) atoms. The molecular formula is C26H29N3O2. The minimum absolute atomic E-state index is 0.317. The second-order valence-corrected chi connectivity index (χ2v) is 8.20. The first-order valence-corrected chi connectivity index (χ1v) is 11.1. The van der Waals surface area contributed by atoms with Crippen molar-refractivity contribution in [3.05, 3.63) is 83.5 Å². The Morgan fingerprint density at radius 1 is 1.10 bits per heavy atom. The molecule has 0 aliphatic heterocycles. The van der Waals surface area contributed by atoms with Gasteiger partial charge in [-0.3, -0.25) is 0 Å². The molecule has 2 aromatic carbocycles. The van der Waals surface area contributed by atoms with Crippen LogP contribution in [0.3, 0.4) is 0 Å². The van der Waals surface area contributed by atoms with E-state index in [0.717, 1.165) is 34.8 Å². The number of nitrogens with zero attached hydrogens (tertiary/aromatic N) is 3. The molecule has 1 N–H and O–H groups in total. The summed E-state index contributed by atoms with van der Waals surface area (Å²) in [5, 5.41) is 14.4. The van der Waals surface area contributed by atoms with Gasteiger partial charge in [-0.15, -0.1) is 0 Å². The van der Waals surface area contributed by atoms with Gasteiger partial charge in [-0.2, -0.15) is 5.10 Å². The van der Waals surface area contributed by atoms with Gasteiger partial charge in [-0.05, 0) is 42.5 Å². The Balaban J connectivity index is 1.57. The third kappa shape index (κ3) is 4.93. The molecule has 1 aromatic heterocycles. The first kappa shape index (κ1) is 21.0. The second-order valence-electron chi connectivity index (χ2n) is 8.20. The lowest BCUT2D eigenvalue weighted by atomic mass is 9.89. The monoisotopic (exact) mass is 415 g/mol. The number of benzene rings is 2. The minimum atomic E-state index is -0.911. The highest BCUT2D eigenvalue weighted by Crippen LogP contribution is 2.31. The molecule has 1 aliphatic carbocycles. The van der Waals surface area contributed by atoms with E-state index >= 15 is 0 Å². The number of carboxylic acid groups (broad SMARTS) is 1. The molecule has 4 rings (SSSR count). The van der Waals surface area contributed by atoms with Gasteiger partial charge in [0.2, 0.25) is 0 Å². The smallest absolute Gasteiger partial charge is 0.336 e. The van der Waals surface area contributed by atoms with Gasteiger partial charge in [0.15, 0.2) is 5.82 Å². The lowest BCUT2D eigenvalue weighted by Gasteiger charge is -2.18. The first-order chi connectivity index (χ1) is 15.2. The van der Waals surface area contributed by atoms with Crippen LogP contribution >= 0.6 is 0 Å². The average molecular weight is 416 g/mol. The molecule has 1 heterocycles. The molecule has 1 saturated carbocycles. The van der Waals surface area contributed by atoms with Gasteiger partial charge in [0.05, 0.1) is 12.1 Å². The van der Waals surface area contributed by atoms with E-state index in [4.69, 9.17) is 10.1 Å². The van der Waals surface area contributed by atoms with E-state index in [-0.39, 0.29) is 0 Å². The number of rotatable bonds is 7. The molecule has 0 unspecified atom stereocenters. The van der Waals surface area contributed by atoms with Crippen molar-refractivity contribution in [1.29, 1.82) is 0 Å². The van der Waals surface area contributed by atoms with Gasteiger partial charge in [-0.1, -0.05) is 73.9 Å². The number of hydrogen-bond donors (Lipinski definition) is 1. The first-order valence-electron chi connectivity index (χ1n) is 11.1. The Kier molecular flexibility index (Phi) is 6.60. The predicted octanol–water partition coefficient (Wildman–Crippen LogP) is 5.86. The molecule has 160 valence electrons. The van der Waals surface area contributed by atoms with Crippen LogP contribution in [0.2, 0.25) is 0 Å². The maximum Gasteiger partial charge on any atom is 0.336 e. The summed E-state index contributed by atoms with van der Waals surface area (Å²) in [5.74, 6) is 1.56. The molecule has 0 atom stereocenters. The van der Waals surface area contributed by atoms with Crippen molar-refractivity contribution in [2.24, 2.45) is 0 Å². The Bertz CT molecular complexity index is 1060. The van der Waals surface area contributed by atoms with Gasteiger partial charge in [-0.25, -0.2) is 14.5 Å². The summed E-state index contributed by atoms with van der Waals surface area (Å²) in [6, 6.07) is 15.2. The lowest BCUT2D eigenvalue weighted by molar-refractivity contribution is 0.0697. The Morgan fingerprint density at radius 3 is 2.55 bits per heavy atom. The third-order valence-electron chi connectivity index (χ3n) is 6.03. The number of carboxylic acids is 1. The SMILES string of the molecule is CC=CCc1nc(C2CCCCC2)nn1Cc1ccc(-c2ccccc2C(=O)O)cc1. The average Bonchev–Trinajstić information content (AvgIpc) is 3.21. The summed E-state index contributed by atoms with van der Waals surface area (Å²) in [6.45, 7) is 2.68. The molecule has 5 heteroatoms. The van der Waals surface area contributed by atoms with Crippen molar-refractivity contribution in [3.8, 4) is 11.1 Å². The van der Waals surface area contributed by atoms with Crippen molar-refractivity contribution < 1.29 is 9.90 Å². The third-order valence-corrected chi connectivity index (χ3v) is 6.03. The molecule has 0 spiro atoms. The molecule has 0 saturated heterocycles. The number of allylic oxidation sites excluding steroid dienone is 2. The summed E-state index contributed by atoms with van der Waals surface area (Å²) in [6.07, 6.45) is 11.2. The zero-order valence-corrected chi connectivity index (χ0v) is 18.0. The van der Waals surface area contributed by atoms with E-state index in [0.29, 0.717) is 18.0 Å². The highest BCUT2D eigenvalue weighted by Gasteiger charge is 2.21. The molecule has 5 nitrogen and oxygen atoms in total. The fraction of sp³-hybridized carbons (Fsp3) is 0.346. The zero-order valence-electron chi connectivity index (χ0n) is 18.0. The van der Waals surface area contributed by atoms with Crippen LogP contribution in [0.1, 0.15) is 72.5 Å². The number of aromatic carboxylic acids is 1. The van der Waals surface area contributed by atoms with E-state index in [1.165, 1.54) is 32.1 Å². The van der Waals surface area contributed by atoms with Gasteiger partial charge in [0.25, 0.3) is 0 Å². The van der Waals surface area contributed by atoms with Crippen molar-refractivity contribution in [2.75, 3.05) is 0 Å². The molecule has 0 amide bonds. The van der Waals surface area contributed by atoms with E-state index in [1.54, 1.807) is 12.1 Å². The zero-order chi connectivity index (χ0) is 21.6. The Labute approximate surface area is 183 Å². The summed E-state index contributed by atoms with van der Waals surface area (Å²) >= 11 is 0. The Morgan fingerprint density at radius 2 is 1.84 bits per heavy atom. The molecule has 1 fully saturated rings. The lowest BCUT2D eigenvalue weighted by Crippen LogP contribution is -2.08. The fourth-order valence-corrected chi connectivity index (χ4v) is 4.31. The molecular weight excluding hydrogens is 386 g/mol. The van der Waals surface area contributed by atoms with Gasteiger partial charge >= 0.3 is 5.97 Å². The summed E-state index contributed by atoms with van der Waals surface area (Å²) < 4.78 is 2.03. The molecule has 3 aromatic rings. The quantitative estimate of drug-likeness (QED) is 0.491. The number of aromatic nitrogens is 3. The predicted molar refractivity (Wildman–Crippen MR) is 122 cm³/mol. The fourth-order valence-electron chi connectivity index (χ4n) is 4.31. The van der Waals surface area contributed by atoms with E-state index in [2.05, 4.69) is 18.2 Å². The summed E-state index contributed by atoms with van der Waals surface area (Å²) in [7, 11) is 0. The second kappa shape index (κ2) is 9.73. The van der Waals surface area contributed by atoms with Crippen molar-refractivity contribution in [2.45, 2.75) is 57.9 Å². The molecule has 1 aliphatic rings. The largest absolute Gasteiger partial charge is 0.478 e. The van der Waals surface area contributed by atoms with Gasteiger partial charge < -0.3 is 5.11 Å². The van der Waals surface area contributed by atoms with E-state index < -0.39 is 5.97 Å². The van der Waals surface area contributed by atoms with E-state index in [9.17, 15) is 9.90 Å². The normalized spacial score (nSPS) is 14.9. The topological polar surface area (TPSA) is 68.0 Å². The maximum atomic E-state index is 11.5. The van der Waals surface area contributed by atoms with Crippen LogP contribution < -0.4 is 0 Å². The van der Waals surface area contributed by atoms with Crippen molar-refractivity contribution >= 4 is 5.97 Å². The number of carbonyl (C=O) groups is 1. The van der Waals surface area contributed by atoms with Crippen LogP contribution in [-0.2, 0) is 13.0 Å². The molecule has 0 bridgehead atoms. The van der Waals surface area contributed by atoms with Crippen LogP contribution in [0.15, 0.2) is 60.7 Å². The summed E-state index contributed by atoms with van der Waals surface area (Å²) in [5.41, 5.74) is 3.07. The maximum absolute atomic E-state index is 11.5. The minimum Gasteiger partial charge on any atom is -0.478 e. The summed E-state index contributed by atoms with van der Waals surface area (Å²) in [4.78, 5) is 16.4. The standard InChI is InChI=1S/C26H29N3O2/c1-2-3-13-24-27-25(21-9-5-4-6-10-21)28-29(24)18-19-14-16-20(17-15-19)22-11-7-8-12-23(22)26(30)31/h2-3,7-8,11-12,14-17,21H,4-6,9-10,13,18H2,1H3,(H,30,31). The Hall–Kier alpha value is -3.21. The van der Waals surface area contributed by atoms with Crippen LogP contribution in [-0.4, -0.2) is 25.8 Å². The molecule has 0 radical (unpaired) electrons. The van der Waals surface area contributed by atoms with Crippen molar-refractivity contribution in [3.63, 3.8) is 0 Å². The number of hydrogen-bond acceptors (Lipinski definition) is 3. The highest BCUT2D eigenvalue weighted by atomic mass is 16.4. The van der Waals surface area contributed by atoms with Crippen LogP contribution in [0, 0.1) is 0 Å². The van der Waals surface area contributed by atoms with Gasteiger partial charge in [0, 0.05) is 12.3 Å². The van der Waals surface area contributed by atoms with Crippen molar-refractivity contribution in [1.82, 2.24) is 14.8 Å². The highest BCUT2D eigenvalue weighted by molar-refractivity contribution is 5.95.